The fourth-order valence-electron chi connectivity index (χ4n) is 3.18. The van der Waals surface area contributed by atoms with Crippen molar-refractivity contribution in [2.75, 3.05) is 13.1 Å². The van der Waals surface area contributed by atoms with Crippen LogP contribution in [-0.2, 0) is 14.3 Å². The molecule has 0 saturated carbocycles. The van der Waals surface area contributed by atoms with Gasteiger partial charge >= 0.3 is 5.97 Å². The van der Waals surface area contributed by atoms with Crippen molar-refractivity contribution in [1.82, 2.24) is 5.32 Å². The molecule has 0 aromatic heterocycles. The molecule has 0 spiro atoms. The average Bonchev–Trinajstić information content (AvgIpc) is 2.36. The van der Waals surface area contributed by atoms with Crippen molar-refractivity contribution in [2.24, 2.45) is 5.92 Å². The van der Waals surface area contributed by atoms with Crippen LogP contribution in [0.15, 0.2) is 0 Å². The van der Waals surface area contributed by atoms with Crippen molar-refractivity contribution in [2.45, 2.75) is 70.7 Å². The Balaban J connectivity index is 1.65. The molecular weight excluding hydrogens is 242 g/mol. The first-order chi connectivity index (χ1) is 9.13. The molecule has 2 rings (SSSR count). The lowest BCUT2D eigenvalue weighted by Gasteiger charge is -2.31. The van der Waals surface area contributed by atoms with Crippen LogP contribution in [0.3, 0.4) is 0 Å². The maximum absolute atomic E-state index is 11.9. The molecule has 1 N–H and O–H groups in total. The lowest BCUT2D eigenvalue weighted by molar-refractivity contribution is -0.160. The van der Waals surface area contributed by atoms with Gasteiger partial charge in [-0.1, -0.05) is 0 Å². The van der Waals surface area contributed by atoms with E-state index in [0.29, 0.717) is 12.3 Å². The molecule has 3 atom stereocenters. The van der Waals surface area contributed by atoms with Crippen LogP contribution in [0.1, 0.15) is 52.4 Å². The van der Waals surface area contributed by atoms with Gasteiger partial charge in [-0.25, -0.2) is 0 Å². The summed E-state index contributed by atoms with van der Waals surface area (Å²) < 4.78 is 11.2. The van der Waals surface area contributed by atoms with Crippen LogP contribution in [0, 0.1) is 5.92 Å². The summed E-state index contributed by atoms with van der Waals surface area (Å²) in [7, 11) is 0. The summed E-state index contributed by atoms with van der Waals surface area (Å²) in [6.07, 6.45) is 6.11. The van der Waals surface area contributed by atoms with E-state index in [4.69, 9.17) is 9.47 Å². The number of esters is 1. The lowest BCUT2D eigenvalue weighted by Crippen LogP contribution is -2.35. The van der Waals surface area contributed by atoms with Crippen molar-refractivity contribution in [3.63, 3.8) is 0 Å². The second-order valence-corrected chi connectivity index (χ2v) is 6.09. The molecule has 0 radical (unpaired) electrons. The lowest BCUT2D eigenvalue weighted by atomic mass is 9.95. The summed E-state index contributed by atoms with van der Waals surface area (Å²) in [5.74, 6) is 0.616. The quantitative estimate of drug-likeness (QED) is 0.795. The van der Waals surface area contributed by atoms with Gasteiger partial charge in [-0.2, -0.15) is 0 Å². The standard InChI is InChI=1S/C15H27NO3/c1-11-8-14(9-12(2)18-11)19-15(17)6-5-13-4-3-7-16-10-13/h11-14,16H,3-10H2,1-2H3. The predicted molar refractivity (Wildman–Crippen MR) is 74.0 cm³/mol. The van der Waals surface area contributed by atoms with E-state index in [2.05, 4.69) is 5.32 Å². The molecule has 0 aromatic carbocycles. The molecule has 3 unspecified atom stereocenters. The molecule has 0 bridgehead atoms. The van der Waals surface area contributed by atoms with E-state index in [1.807, 2.05) is 13.8 Å². The van der Waals surface area contributed by atoms with E-state index < -0.39 is 0 Å². The molecule has 2 saturated heterocycles. The van der Waals surface area contributed by atoms with Crippen LogP contribution in [0.4, 0.5) is 0 Å². The molecule has 2 heterocycles. The number of nitrogens with one attached hydrogen (secondary N) is 1. The number of ether oxygens (including phenoxy) is 2. The van der Waals surface area contributed by atoms with Crippen LogP contribution < -0.4 is 5.32 Å². The Labute approximate surface area is 116 Å². The number of hydrogen-bond donors (Lipinski definition) is 1. The number of piperidine rings is 1. The van der Waals surface area contributed by atoms with E-state index in [1.54, 1.807) is 0 Å². The predicted octanol–water partition coefficient (Wildman–Crippen LogP) is 2.27. The molecule has 4 nitrogen and oxygen atoms in total. The molecule has 2 aliphatic rings. The molecule has 0 aromatic rings. The van der Waals surface area contributed by atoms with Crippen LogP contribution >= 0.6 is 0 Å². The number of carbonyl (C=O) groups is 1. The summed E-state index contributed by atoms with van der Waals surface area (Å²) in [6, 6.07) is 0. The Bertz CT molecular complexity index is 279. The third-order valence-corrected chi connectivity index (χ3v) is 4.11. The number of hydrogen-bond acceptors (Lipinski definition) is 4. The van der Waals surface area contributed by atoms with E-state index in [1.165, 1.54) is 12.8 Å². The highest BCUT2D eigenvalue weighted by atomic mass is 16.6. The van der Waals surface area contributed by atoms with E-state index >= 15 is 0 Å². The monoisotopic (exact) mass is 269 g/mol. The molecule has 19 heavy (non-hydrogen) atoms. The second-order valence-electron chi connectivity index (χ2n) is 6.09. The molecule has 0 amide bonds. The zero-order chi connectivity index (χ0) is 13.7. The molecular formula is C15H27NO3. The Morgan fingerprint density at radius 3 is 2.68 bits per heavy atom. The number of rotatable bonds is 4. The first-order valence-corrected chi connectivity index (χ1v) is 7.69. The van der Waals surface area contributed by atoms with Crippen LogP contribution in [0.5, 0.6) is 0 Å². The van der Waals surface area contributed by atoms with Gasteiger partial charge in [0.25, 0.3) is 0 Å². The average molecular weight is 269 g/mol. The summed E-state index contributed by atoms with van der Waals surface area (Å²) in [6.45, 7) is 6.27. The second kappa shape index (κ2) is 7.25. The summed E-state index contributed by atoms with van der Waals surface area (Å²) in [5, 5.41) is 3.38. The zero-order valence-corrected chi connectivity index (χ0v) is 12.2. The Kier molecular flexibility index (Phi) is 5.64. The maximum Gasteiger partial charge on any atom is 0.306 e. The van der Waals surface area contributed by atoms with Gasteiger partial charge in [-0.3, -0.25) is 4.79 Å². The van der Waals surface area contributed by atoms with Crippen LogP contribution in [0.25, 0.3) is 0 Å². The Hall–Kier alpha value is -0.610. The van der Waals surface area contributed by atoms with Crippen LogP contribution in [0.2, 0.25) is 0 Å². The fraction of sp³-hybridized carbons (Fsp3) is 0.933. The smallest absolute Gasteiger partial charge is 0.306 e. The van der Waals surface area contributed by atoms with Gasteiger partial charge in [0.1, 0.15) is 6.10 Å². The SMILES string of the molecule is CC1CC(OC(=O)CCC2CCCNC2)CC(C)O1. The Morgan fingerprint density at radius 1 is 1.32 bits per heavy atom. The van der Waals surface area contributed by atoms with Gasteiger partial charge in [0.2, 0.25) is 0 Å². The molecule has 4 heteroatoms. The van der Waals surface area contributed by atoms with Crippen molar-refractivity contribution in [3.8, 4) is 0 Å². The summed E-state index contributed by atoms with van der Waals surface area (Å²) in [5.41, 5.74) is 0. The molecule has 0 aliphatic carbocycles. The van der Waals surface area contributed by atoms with Crippen molar-refractivity contribution < 1.29 is 14.3 Å². The largest absolute Gasteiger partial charge is 0.462 e. The van der Waals surface area contributed by atoms with Crippen molar-refractivity contribution in [3.05, 3.63) is 0 Å². The van der Waals surface area contributed by atoms with Gasteiger partial charge in [-0.05, 0) is 52.1 Å². The highest BCUT2D eigenvalue weighted by Gasteiger charge is 2.27. The topological polar surface area (TPSA) is 47.6 Å². The summed E-state index contributed by atoms with van der Waals surface area (Å²) in [4.78, 5) is 11.9. The first-order valence-electron chi connectivity index (χ1n) is 7.69. The third kappa shape index (κ3) is 5.11. The summed E-state index contributed by atoms with van der Waals surface area (Å²) >= 11 is 0. The molecule has 2 aliphatic heterocycles. The zero-order valence-electron chi connectivity index (χ0n) is 12.2. The van der Waals surface area contributed by atoms with Gasteiger partial charge in [0.05, 0.1) is 12.2 Å². The maximum atomic E-state index is 11.9. The molecule has 2 fully saturated rings. The van der Waals surface area contributed by atoms with E-state index in [-0.39, 0.29) is 24.3 Å². The first kappa shape index (κ1) is 14.8. The highest BCUT2D eigenvalue weighted by Crippen LogP contribution is 2.23. The normalized spacial score (nSPS) is 35.9. The van der Waals surface area contributed by atoms with Gasteiger partial charge in [-0.15, -0.1) is 0 Å². The van der Waals surface area contributed by atoms with Gasteiger partial charge < -0.3 is 14.8 Å². The highest BCUT2D eigenvalue weighted by molar-refractivity contribution is 5.69. The van der Waals surface area contributed by atoms with E-state index in [0.717, 1.165) is 32.4 Å². The third-order valence-electron chi connectivity index (χ3n) is 4.11. The minimum atomic E-state index is -0.0307. The van der Waals surface area contributed by atoms with Crippen molar-refractivity contribution >= 4 is 5.97 Å². The fourth-order valence-corrected chi connectivity index (χ4v) is 3.18. The minimum Gasteiger partial charge on any atom is -0.462 e. The van der Waals surface area contributed by atoms with Crippen LogP contribution in [-0.4, -0.2) is 37.4 Å². The minimum absolute atomic E-state index is 0.0307. The molecule has 110 valence electrons. The van der Waals surface area contributed by atoms with Gasteiger partial charge in [0.15, 0.2) is 0 Å². The van der Waals surface area contributed by atoms with E-state index in [9.17, 15) is 4.79 Å². The van der Waals surface area contributed by atoms with Crippen molar-refractivity contribution in [1.29, 1.82) is 0 Å². The van der Waals surface area contributed by atoms with Gasteiger partial charge in [0, 0.05) is 19.3 Å². The number of carbonyl (C=O) groups excluding carboxylic acids is 1. The Morgan fingerprint density at radius 2 is 2.05 bits per heavy atom.